The zero-order valence-electron chi connectivity index (χ0n) is 55.3. The average molecular weight is 1190 g/mol. The van der Waals surface area contributed by atoms with Crippen LogP contribution in [0.25, 0.3) is 0 Å². The average Bonchev–Trinajstić information content (AvgIpc) is 3.56. The minimum atomic E-state index is -4.62. The molecule has 3 atom stereocenters. The van der Waals surface area contributed by atoms with Gasteiger partial charge in [0.15, 0.2) is 0 Å². The van der Waals surface area contributed by atoms with E-state index in [2.05, 4.69) is 129 Å². The summed E-state index contributed by atoms with van der Waals surface area (Å²) in [5.74, 6) is -0.213. The molecule has 0 rings (SSSR count). The molecule has 0 fully saturated rings. The van der Waals surface area contributed by atoms with Gasteiger partial charge in [0.25, 0.3) is 7.82 Å². The zero-order valence-corrected chi connectivity index (χ0v) is 56.2. The van der Waals surface area contributed by atoms with E-state index in [0.717, 1.165) is 89.9 Å². The van der Waals surface area contributed by atoms with Crippen LogP contribution in [0, 0.1) is 0 Å². The molecule has 484 valence electrons. The first-order valence-corrected chi connectivity index (χ1v) is 36.4. The van der Waals surface area contributed by atoms with Crippen LogP contribution in [0.4, 0.5) is 0 Å². The second kappa shape index (κ2) is 64.4. The van der Waals surface area contributed by atoms with Crippen molar-refractivity contribution >= 4 is 13.7 Å². The van der Waals surface area contributed by atoms with Crippen LogP contribution in [-0.4, -0.2) is 68.5 Å². The SMILES string of the molecule is CC/C=C\C/C=C\C/C=C\C/C=C\C/C=C\C/C=C\C/C=C\CCCCCCCCCCCCCCCCCC(=O)NC(COP(=O)([O-])OCC[N+](C)(C)C)C(O)/C=C/CC/C=C/CC/C=C/CCCCCCCCCCCCCCCCC. The number of carbonyl (C=O) groups excluding carboxylic acids is 1. The number of allylic oxidation sites excluding steroid dienone is 19. The number of phosphoric acid groups is 1. The standard InChI is InChI=1S/C75H133N2O6P/c1-6-8-10-12-14-16-18-20-22-24-26-28-30-32-33-34-35-36-37-38-39-40-41-42-43-45-47-49-51-53-55-57-59-61-63-65-67-69-75(79)76-73(72-83-84(80,81)82-71-70-77(3,4)5)74(78)68-66-64-62-60-58-56-54-52-50-48-46-44-31-29-27-25-23-21-19-17-15-13-11-9-7-2/h8,10,14,16,20,22,26,28,32-33,35-36,38-39,50,52,58,60,66,68,73-74,78H,6-7,9,11-13,15,17-19,21,23-25,27,29-31,34,37,40-49,51,53-57,59,61-65,67,69-72H2,1-5H3,(H-,76,79,80,81)/b10-8-,16-14-,22-20-,28-26-,33-32-,36-35-,39-38-,52-50+,60-58+,68-66+. The number of likely N-dealkylation sites (N-methyl/N-ethyl adjacent to an activating group) is 1. The Morgan fingerprint density at radius 1 is 0.429 bits per heavy atom. The number of unbranched alkanes of at least 4 members (excludes halogenated alkanes) is 32. The molecule has 1 amide bonds. The number of aliphatic hydroxyl groups excluding tert-OH is 1. The number of nitrogens with one attached hydrogen (secondary N) is 1. The van der Waals surface area contributed by atoms with E-state index in [1.165, 1.54) is 186 Å². The second-order valence-corrected chi connectivity index (χ2v) is 25.9. The number of aliphatic hydroxyl groups is 1. The van der Waals surface area contributed by atoms with Crippen molar-refractivity contribution in [3.8, 4) is 0 Å². The molecule has 0 aliphatic heterocycles. The molecule has 0 aromatic rings. The third-order valence-corrected chi connectivity index (χ3v) is 16.1. The number of rotatable bonds is 63. The molecule has 0 aliphatic rings. The summed E-state index contributed by atoms with van der Waals surface area (Å²) in [5.41, 5.74) is 0. The van der Waals surface area contributed by atoms with E-state index in [4.69, 9.17) is 9.05 Å². The van der Waals surface area contributed by atoms with Crippen LogP contribution in [0.15, 0.2) is 122 Å². The molecular weight excluding hydrogens is 1060 g/mol. The number of quaternary nitrogens is 1. The van der Waals surface area contributed by atoms with Crippen molar-refractivity contribution in [2.24, 2.45) is 0 Å². The number of amides is 1. The molecule has 3 unspecified atom stereocenters. The smallest absolute Gasteiger partial charge is 0.268 e. The Labute approximate surface area is 520 Å². The van der Waals surface area contributed by atoms with Gasteiger partial charge >= 0.3 is 0 Å². The van der Waals surface area contributed by atoms with Gasteiger partial charge in [0, 0.05) is 6.42 Å². The van der Waals surface area contributed by atoms with Crippen LogP contribution in [0.2, 0.25) is 0 Å². The van der Waals surface area contributed by atoms with Gasteiger partial charge in [-0.1, -0.05) is 309 Å². The van der Waals surface area contributed by atoms with Crippen LogP contribution in [-0.2, 0) is 18.4 Å². The Morgan fingerprint density at radius 3 is 1.11 bits per heavy atom. The molecule has 8 nitrogen and oxygen atoms in total. The van der Waals surface area contributed by atoms with Crippen molar-refractivity contribution < 1.29 is 32.9 Å². The molecule has 0 aromatic heterocycles. The second-order valence-electron chi connectivity index (χ2n) is 24.5. The van der Waals surface area contributed by atoms with Gasteiger partial charge in [-0.05, 0) is 103 Å². The first-order chi connectivity index (χ1) is 41.0. The molecule has 0 aromatic carbocycles. The fraction of sp³-hybridized carbons (Fsp3) is 0.720. The molecular formula is C75H133N2O6P. The maximum absolute atomic E-state index is 13.0. The molecule has 2 N–H and O–H groups in total. The van der Waals surface area contributed by atoms with Gasteiger partial charge in [-0.25, -0.2) is 0 Å². The largest absolute Gasteiger partial charge is 0.756 e. The van der Waals surface area contributed by atoms with Crippen LogP contribution >= 0.6 is 7.82 Å². The lowest BCUT2D eigenvalue weighted by molar-refractivity contribution is -0.870. The van der Waals surface area contributed by atoms with Gasteiger partial charge in [0.1, 0.15) is 13.2 Å². The first-order valence-electron chi connectivity index (χ1n) is 34.9. The Morgan fingerprint density at radius 2 is 0.738 bits per heavy atom. The van der Waals surface area contributed by atoms with Gasteiger partial charge < -0.3 is 28.8 Å². The van der Waals surface area contributed by atoms with Crippen molar-refractivity contribution in [3.63, 3.8) is 0 Å². The monoisotopic (exact) mass is 1190 g/mol. The van der Waals surface area contributed by atoms with Gasteiger partial charge in [0.05, 0.1) is 39.9 Å². The Bertz CT molecular complexity index is 1780. The number of carbonyl (C=O) groups is 1. The van der Waals surface area contributed by atoms with Crippen molar-refractivity contribution in [2.45, 2.75) is 309 Å². The summed E-state index contributed by atoms with van der Waals surface area (Å²) in [4.78, 5) is 25.6. The predicted molar refractivity (Wildman–Crippen MR) is 366 cm³/mol. The maximum atomic E-state index is 13.0. The predicted octanol–water partition coefficient (Wildman–Crippen LogP) is 21.8. The minimum absolute atomic E-state index is 0.0131. The van der Waals surface area contributed by atoms with E-state index >= 15 is 0 Å². The fourth-order valence-corrected chi connectivity index (χ4v) is 10.5. The van der Waals surface area contributed by atoms with Gasteiger partial charge in [-0.2, -0.15) is 0 Å². The van der Waals surface area contributed by atoms with Crippen molar-refractivity contribution in [2.75, 3.05) is 40.9 Å². The fourth-order valence-electron chi connectivity index (χ4n) is 9.76. The normalized spacial score (nSPS) is 14.4. The molecule has 0 spiro atoms. The summed E-state index contributed by atoms with van der Waals surface area (Å²) in [5, 5.41) is 13.9. The highest BCUT2D eigenvalue weighted by molar-refractivity contribution is 7.45. The van der Waals surface area contributed by atoms with Crippen LogP contribution < -0.4 is 10.2 Å². The lowest BCUT2D eigenvalue weighted by Crippen LogP contribution is -2.45. The third kappa shape index (κ3) is 66.4. The molecule has 0 bridgehead atoms. The summed E-state index contributed by atoms with van der Waals surface area (Å²) in [6, 6.07) is -0.918. The summed E-state index contributed by atoms with van der Waals surface area (Å²) >= 11 is 0. The lowest BCUT2D eigenvalue weighted by Gasteiger charge is -2.29. The van der Waals surface area contributed by atoms with Gasteiger partial charge in [0.2, 0.25) is 5.91 Å². The number of phosphoric ester groups is 1. The highest BCUT2D eigenvalue weighted by Gasteiger charge is 2.23. The maximum Gasteiger partial charge on any atom is 0.268 e. The first kappa shape index (κ1) is 80.9. The van der Waals surface area contributed by atoms with E-state index in [9.17, 15) is 19.4 Å². The topological polar surface area (TPSA) is 108 Å². The number of hydrogen-bond acceptors (Lipinski definition) is 6. The highest BCUT2D eigenvalue weighted by Crippen LogP contribution is 2.38. The van der Waals surface area contributed by atoms with E-state index in [1.54, 1.807) is 6.08 Å². The van der Waals surface area contributed by atoms with E-state index in [-0.39, 0.29) is 12.5 Å². The van der Waals surface area contributed by atoms with Crippen molar-refractivity contribution in [1.29, 1.82) is 0 Å². The van der Waals surface area contributed by atoms with Crippen LogP contribution in [0.5, 0.6) is 0 Å². The van der Waals surface area contributed by atoms with Crippen LogP contribution in [0.3, 0.4) is 0 Å². The molecule has 9 heteroatoms. The number of hydrogen-bond donors (Lipinski definition) is 2. The van der Waals surface area contributed by atoms with E-state index in [1.807, 2.05) is 27.2 Å². The third-order valence-electron chi connectivity index (χ3n) is 15.1. The molecule has 0 saturated heterocycles. The quantitative estimate of drug-likeness (QED) is 0.0272. The molecule has 0 radical (unpaired) electrons. The van der Waals surface area contributed by atoms with Crippen molar-refractivity contribution in [1.82, 2.24) is 5.32 Å². The Hall–Kier alpha value is -3.10. The minimum Gasteiger partial charge on any atom is -0.756 e. The summed E-state index contributed by atoms with van der Waals surface area (Å²) < 4.78 is 23.4. The summed E-state index contributed by atoms with van der Waals surface area (Å²) in [7, 11) is 1.23. The molecule has 0 aliphatic carbocycles. The highest BCUT2D eigenvalue weighted by atomic mass is 31.2. The molecule has 0 saturated carbocycles. The Balaban J connectivity index is 4.13. The van der Waals surface area contributed by atoms with Gasteiger partial charge in [-0.15, -0.1) is 0 Å². The van der Waals surface area contributed by atoms with E-state index in [0.29, 0.717) is 17.4 Å². The van der Waals surface area contributed by atoms with Gasteiger partial charge in [-0.3, -0.25) is 9.36 Å². The molecule has 0 heterocycles. The van der Waals surface area contributed by atoms with E-state index < -0.39 is 26.6 Å². The van der Waals surface area contributed by atoms with Crippen LogP contribution in [0.1, 0.15) is 296 Å². The van der Waals surface area contributed by atoms with Crippen molar-refractivity contribution in [3.05, 3.63) is 122 Å². The molecule has 84 heavy (non-hydrogen) atoms. The number of nitrogens with zero attached hydrogens (tertiary/aromatic N) is 1. The lowest BCUT2D eigenvalue weighted by atomic mass is 10.0. The zero-order chi connectivity index (χ0) is 61.2. The summed E-state index contributed by atoms with van der Waals surface area (Å²) in [6.07, 6.45) is 96.0. The Kier molecular flexibility index (Phi) is 62.0. The summed E-state index contributed by atoms with van der Waals surface area (Å²) in [6.45, 7) is 4.52.